The van der Waals surface area contributed by atoms with Crippen LogP contribution in [0.4, 0.5) is 5.13 Å². The lowest BCUT2D eigenvalue weighted by molar-refractivity contribution is 0.0918. The molecule has 2 aliphatic carbocycles. The zero-order chi connectivity index (χ0) is 26.5. The fourth-order valence-electron chi connectivity index (χ4n) is 6.13. The van der Waals surface area contributed by atoms with Crippen LogP contribution in [0, 0.1) is 5.92 Å². The van der Waals surface area contributed by atoms with Crippen molar-refractivity contribution < 1.29 is 9.90 Å². The van der Waals surface area contributed by atoms with Gasteiger partial charge in [0.25, 0.3) is 5.91 Å². The highest BCUT2D eigenvalue weighted by Gasteiger charge is 2.28. The molecule has 1 unspecified atom stereocenters. The molecule has 2 aromatic carbocycles. The van der Waals surface area contributed by atoms with Crippen LogP contribution in [0.1, 0.15) is 72.8 Å². The van der Waals surface area contributed by atoms with E-state index >= 15 is 0 Å². The molecule has 3 aromatic rings. The summed E-state index contributed by atoms with van der Waals surface area (Å²) in [5.74, 6) is 1.01. The number of hydrogen-bond acceptors (Lipinski definition) is 6. The summed E-state index contributed by atoms with van der Waals surface area (Å²) >= 11 is 1.68. The smallest absolute Gasteiger partial charge is 0.251 e. The van der Waals surface area contributed by atoms with Crippen molar-refractivity contribution in [2.45, 2.75) is 76.8 Å². The van der Waals surface area contributed by atoms with Crippen molar-refractivity contribution in [2.75, 3.05) is 18.8 Å². The molecule has 1 atom stereocenters. The average molecular weight is 533 g/mol. The minimum atomic E-state index is 0.0141. The molecule has 2 aliphatic rings. The summed E-state index contributed by atoms with van der Waals surface area (Å²) in [6, 6.07) is 15.7. The molecule has 1 fully saturated rings. The molecule has 6 nitrogen and oxygen atoms in total. The van der Waals surface area contributed by atoms with Crippen LogP contribution in [0.5, 0.6) is 5.75 Å². The normalized spacial score (nSPS) is 21.3. The first-order chi connectivity index (χ1) is 18.5. The largest absolute Gasteiger partial charge is 0.508 e. The molecule has 0 saturated heterocycles. The van der Waals surface area contributed by atoms with E-state index in [9.17, 15) is 9.90 Å². The van der Waals surface area contributed by atoms with E-state index in [0.717, 1.165) is 55.8 Å². The number of aromatic hydroxyl groups is 1. The number of aromatic nitrogens is 1. The van der Waals surface area contributed by atoms with Crippen LogP contribution >= 0.6 is 11.3 Å². The summed E-state index contributed by atoms with van der Waals surface area (Å²) in [7, 11) is 0. The standard InChI is InChI=1S/C31H40N4O2S/c1-2-18-35(26-13-16-28-29(20-26)38-31(32)34-28)19-17-21-3-11-25(12-4-21)33-30(37)24-7-5-22(6-8-24)23-9-14-27(36)15-10-23/h5-10,14-15,21,25-26,36H,2-4,11-13,16-20H2,1H3,(H2,32,34)(H,33,37). The minimum Gasteiger partial charge on any atom is -0.508 e. The van der Waals surface area contributed by atoms with Gasteiger partial charge < -0.3 is 21.1 Å². The van der Waals surface area contributed by atoms with E-state index in [1.54, 1.807) is 23.5 Å². The highest BCUT2D eigenvalue weighted by molar-refractivity contribution is 7.15. The van der Waals surface area contributed by atoms with Crippen molar-refractivity contribution in [2.24, 2.45) is 5.92 Å². The summed E-state index contributed by atoms with van der Waals surface area (Å²) < 4.78 is 0. The summed E-state index contributed by atoms with van der Waals surface area (Å²) in [6.07, 6.45) is 10.2. The number of carbonyl (C=O) groups excluding carboxylic acids is 1. The maximum atomic E-state index is 12.9. The number of rotatable bonds is 9. The lowest BCUT2D eigenvalue weighted by Crippen LogP contribution is -2.41. The fourth-order valence-corrected chi connectivity index (χ4v) is 7.08. The van der Waals surface area contributed by atoms with Gasteiger partial charge in [0.2, 0.25) is 0 Å². The summed E-state index contributed by atoms with van der Waals surface area (Å²) in [5.41, 5.74) is 9.94. The Labute approximate surface area is 230 Å². The number of carbonyl (C=O) groups is 1. The summed E-state index contributed by atoms with van der Waals surface area (Å²) in [4.78, 5) is 21.5. The number of benzene rings is 2. The number of nitrogens with two attached hydrogens (primary N) is 1. The number of aryl methyl sites for hydroxylation is 1. The van der Waals surface area contributed by atoms with E-state index in [1.165, 1.54) is 42.7 Å². The Balaban J connectivity index is 1.07. The van der Waals surface area contributed by atoms with Crippen molar-refractivity contribution in [1.29, 1.82) is 0 Å². The van der Waals surface area contributed by atoms with Gasteiger partial charge in [0.05, 0.1) is 5.69 Å². The second-order valence-electron chi connectivity index (χ2n) is 11.0. The number of amides is 1. The van der Waals surface area contributed by atoms with Crippen LogP contribution in [-0.4, -0.2) is 46.1 Å². The molecule has 4 N–H and O–H groups in total. The Bertz CT molecular complexity index is 1200. The first-order valence-electron chi connectivity index (χ1n) is 14.2. The molecule has 1 heterocycles. The van der Waals surface area contributed by atoms with Crippen molar-refractivity contribution in [3.63, 3.8) is 0 Å². The van der Waals surface area contributed by atoms with Gasteiger partial charge >= 0.3 is 0 Å². The Morgan fingerprint density at radius 1 is 1.03 bits per heavy atom. The van der Waals surface area contributed by atoms with E-state index in [4.69, 9.17) is 5.73 Å². The fraction of sp³-hybridized carbons (Fsp3) is 0.484. The number of nitrogen functional groups attached to an aromatic ring is 1. The van der Waals surface area contributed by atoms with Crippen molar-refractivity contribution in [1.82, 2.24) is 15.2 Å². The van der Waals surface area contributed by atoms with Gasteiger partial charge in [0.15, 0.2) is 5.13 Å². The zero-order valence-electron chi connectivity index (χ0n) is 22.4. The Hall–Kier alpha value is -2.90. The monoisotopic (exact) mass is 532 g/mol. The van der Waals surface area contributed by atoms with Gasteiger partial charge in [0, 0.05) is 22.5 Å². The van der Waals surface area contributed by atoms with Crippen LogP contribution in [0.3, 0.4) is 0 Å². The number of phenolic OH excluding ortho intramolecular Hbond substituents is 1. The molecule has 1 amide bonds. The van der Waals surface area contributed by atoms with Crippen molar-refractivity contribution in [3.8, 4) is 16.9 Å². The molecule has 0 radical (unpaired) electrons. The van der Waals surface area contributed by atoms with Crippen LogP contribution < -0.4 is 11.1 Å². The maximum Gasteiger partial charge on any atom is 0.251 e. The first-order valence-corrected chi connectivity index (χ1v) is 15.0. The van der Waals surface area contributed by atoms with Crippen molar-refractivity contribution in [3.05, 3.63) is 64.7 Å². The van der Waals surface area contributed by atoms with E-state index in [0.29, 0.717) is 16.7 Å². The van der Waals surface area contributed by atoms with E-state index < -0.39 is 0 Å². The number of phenols is 1. The second kappa shape index (κ2) is 12.3. The lowest BCUT2D eigenvalue weighted by Gasteiger charge is -2.36. The molecule has 0 bridgehead atoms. The van der Waals surface area contributed by atoms with Crippen LogP contribution in [-0.2, 0) is 12.8 Å². The molecule has 38 heavy (non-hydrogen) atoms. The highest BCUT2D eigenvalue weighted by Crippen LogP contribution is 2.32. The molecule has 1 saturated carbocycles. The number of hydrogen-bond donors (Lipinski definition) is 3. The van der Waals surface area contributed by atoms with Crippen LogP contribution in [0.15, 0.2) is 48.5 Å². The quantitative estimate of drug-likeness (QED) is 0.312. The molecule has 0 spiro atoms. The molecule has 7 heteroatoms. The second-order valence-corrected chi connectivity index (χ2v) is 12.1. The predicted octanol–water partition coefficient (Wildman–Crippen LogP) is 6.05. The van der Waals surface area contributed by atoms with Gasteiger partial charge in [-0.3, -0.25) is 4.79 Å². The topological polar surface area (TPSA) is 91.5 Å². The number of anilines is 1. The predicted molar refractivity (Wildman–Crippen MR) is 156 cm³/mol. The first kappa shape index (κ1) is 26.7. The third-order valence-electron chi connectivity index (χ3n) is 8.31. The van der Waals surface area contributed by atoms with E-state index in [2.05, 4.69) is 22.1 Å². The molecule has 1 aromatic heterocycles. The van der Waals surface area contributed by atoms with Gasteiger partial charge in [-0.25, -0.2) is 4.98 Å². The number of fused-ring (bicyclic) bond motifs is 1. The van der Waals surface area contributed by atoms with Crippen LogP contribution in [0.25, 0.3) is 11.1 Å². The van der Waals surface area contributed by atoms with Gasteiger partial charge in [-0.05, 0) is 112 Å². The molecule has 5 rings (SSSR count). The molecule has 202 valence electrons. The Kier molecular flexibility index (Phi) is 8.65. The number of thiazole rings is 1. The third-order valence-corrected chi connectivity index (χ3v) is 9.26. The van der Waals surface area contributed by atoms with E-state index in [1.807, 2.05) is 36.4 Å². The minimum absolute atomic E-state index is 0.0141. The highest BCUT2D eigenvalue weighted by atomic mass is 32.1. The summed E-state index contributed by atoms with van der Waals surface area (Å²) in [6.45, 7) is 4.60. The molecule has 0 aliphatic heterocycles. The lowest BCUT2D eigenvalue weighted by atomic mass is 9.83. The zero-order valence-corrected chi connectivity index (χ0v) is 23.2. The van der Waals surface area contributed by atoms with Gasteiger partial charge in [-0.1, -0.05) is 31.2 Å². The third kappa shape index (κ3) is 6.56. The van der Waals surface area contributed by atoms with Crippen molar-refractivity contribution >= 4 is 22.4 Å². The molecular formula is C31H40N4O2S. The molecular weight excluding hydrogens is 492 g/mol. The van der Waals surface area contributed by atoms with Gasteiger partial charge in [-0.2, -0.15) is 0 Å². The SMILES string of the molecule is CCCN(CCC1CCC(NC(=O)c2ccc(-c3ccc(O)cc3)cc2)CC1)C1CCc2nc(N)sc2C1. The van der Waals surface area contributed by atoms with Gasteiger partial charge in [-0.15, -0.1) is 11.3 Å². The number of nitrogens with zero attached hydrogens (tertiary/aromatic N) is 2. The Morgan fingerprint density at radius 2 is 1.71 bits per heavy atom. The summed E-state index contributed by atoms with van der Waals surface area (Å²) in [5, 5.41) is 13.5. The van der Waals surface area contributed by atoms with Crippen LogP contribution in [0.2, 0.25) is 0 Å². The van der Waals surface area contributed by atoms with E-state index in [-0.39, 0.29) is 17.7 Å². The number of nitrogens with one attached hydrogen (secondary N) is 1. The Morgan fingerprint density at radius 3 is 2.39 bits per heavy atom. The maximum absolute atomic E-state index is 12.9. The van der Waals surface area contributed by atoms with Gasteiger partial charge in [0.1, 0.15) is 5.75 Å². The average Bonchev–Trinajstić information content (AvgIpc) is 3.31.